The summed E-state index contributed by atoms with van der Waals surface area (Å²) in [5.41, 5.74) is 0. The van der Waals surface area contributed by atoms with Crippen molar-refractivity contribution in [2.75, 3.05) is 5.32 Å². The molecular weight excluding hydrogens is 162 g/mol. The summed E-state index contributed by atoms with van der Waals surface area (Å²) in [5.74, 6) is 1.95. The fourth-order valence-corrected chi connectivity index (χ4v) is 1.64. The van der Waals surface area contributed by atoms with E-state index in [-0.39, 0.29) is 0 Å². The average Bonchev–Trinajstić information content (AvgIpc) is 2.79. The van der Waals surface area contributed by atoms with Crippen LogP contribution < -0.4 is 5.32 Å². The molecule has 1 atom stereocenters. The van der Waals surface area contributed by atoms with Crippen LogP contribution in [0.15, 0.2) is 12.4 Å². The highest BCUT2D eigenvalue weighted by atomic mass is 15.2. The lowest BCUT2D eigenvalue weighted by Crippen LogP contribution is -2.18. The van der Waals surface area contributed by atoms with Crippen molar-refractivity contribution < 1.29 is 0 Å². The topological polar surface area (TPSA) is 29.9 Å². The zero-order chi connectivity index (χ0) is 9.26. The van der Waals surface area contributed by atoms with Crippen LogP contribution in [0.3, 0.4) is 0 Å². The molecule has 1 aromatic rings. The maximum atomic E-state index is 4.24. The van der Waals surface area contributed by atoms with E-state index in [1.165, 1.54) is 19.3 Å². The predicted octanol–water partition coefficient (Wildman–Crippen LogP) is 2.02. The van der Waals surface area contributed by atoms with Gasteiger partial charge in [0.1, 0.15) is 0 Å². The van der Waals surface area contributed by atoms with E-state index in [2.05, 4.69) is 17.2 Å². The SMILES string of the molecule is CC(CC1CC1)Nc1nccn1C. The lowest BCUT2D eigenvalue weighted by atomic mass is 10.2. The van der Waals surface area contributed by atoms with Gasteiger partial charge in [-0.05, 0) is 19.3 Å². The Labute approximate surface area is 79.2 Å². The maximum Gasteiger partial charge on any atom is 0.202 e. The fraction of sp³-hybridized carbons (Fsp3) is 0.700. The molecule has 3 heteroatoms. The van der Waals surface area contributed by atoms with Crippen molar-refractivity contribution in [3.63, 3.8) is 0 Å². The molecule has 0 amide bonds. The van der Waals surface area contributed by atoms with Gasteiger partial charge in [-0.3, -0.25) is 0 Å². The lowest BCUT2D eigenvalue weighted by Gasteiger charge is -2.13. The van der Waals surface area contributed by atoms with Gasteiger partial charge in [0.2, 0.25) is 5.95 Å². The number of hydrogen-bond acceptors (Lipinski definition) is 2. The van der Waals surface area contributed by atoms with Crippen LogP contribution in [0.25, 0.3) is 0 Å². The molecule has 0 radical (unpaired) electrons. The van der Waals surface area contributed by atoms with Crippen LogP contribution in [0.2, 0.25) is 0 Å². The second-order valence-electron chi connectivity index (χ2n) is 4.09. The highest BCUT2D eigenvalue weighted by Crippen LogP contribution is 2.33. The largest absolute Gasteiger partial charge is 0.353 e. The molecule has 2 rings (SSSR count). The minimum atomic E-state index is 0.550. The van der Waals surface area contributed by atoms with E-state index in [4.69, 9.17) is 0 Å². The molecular formula is C10H17N3. The van der Waals surface area contributed by atoms with Crippen molar-refractivity contribution in [3.8, 4) is 0 Å². The quantitative estimate of drug-likeness (QED) is 0.766. The number of nitrogens with one attached hydrogen (secondary N) is 1. The Morgan fingerprint density at radius 3 is 3.00 bits per heavy atom. The average molecular weight is 179 g/mol. The Kier molecular flexibility index (Phi) is 2.25. The first-order chi connectivity index (χ1) is 6.25. The molecule has 0 aromatic carbocycles. The van der Waals surface area contributed by atoms with Gasteiger partial charge < -0.3 is 9.88 Å². The Hall–Kier alpha value is -0.990. The summed E-state index contributed by atoms with van der Waals surface area (Å²) in [7, 11) is 2.01. The van der Waals surface area contributed by atoms with Crippen LogP contribution in [0.4, 0.5) is 5.95 Å². The number of anilines is 1. The first-order valence-corrected chi connectivity index (χ1v) is 4.99. The minimum absolute atomic E-state index is 0.550. The van der Waals surface area contributed by atoms with E-state index in [1.807, 2.05) is 24.0 Å². The second kappa shape index (κ2) is 3.40. The van der Waals surface area contributed by atoms with Gasteiger partial charge in [0.25, 0.3) is 0 Å². The van der Waals surface area contributed by atoms with Crippen molar-refractivity contribution in [1.29, 1.82) is 0 Å². The number of rotatable bonds is 4. The molecule has 0 saturated heterocycles. The third-order valence-electron chi connectivity index (χ3n) is 2.58. The van der Waals surface area contributed by atoms with Gasteiger partial charge in [-0.1, -0.05) is 12.8 Å². The van der Waals surface area contributed by atoms with Crippen molar-refractivity contribution in [3.05, 3.63) is 12.4 Å². The van der Waals surface area contributed by atoms with E-state index in [0.717, 1.165) is 11.9 Å². The smallest absolute Gasteiger partial charge is 0.202 e. The van der Waals surface area contributed by atoms with Crippen molar-refractivity contribution in [2.24, 2.45) is 13.0 Å². The third-order valence-corrected chi connectivity index (χ3v) is 2.58. The van der Waals surface area contributed by atoms with E-state index < -0.39 is 0 Å². The summed E-state index contributed by atoms with van der Waals surface area (Å²) >= 11 is 0. The van der Waals surface area contributed by atoms with Crippen LogP contribution in [-0.2, 0) is 7.05 Å². The maximum absolute atomic E-state index is 4.24. The third kappa shape index (κ3) is 2.23. The van der Waals surface area contributed by atoms with Gasteiger partial charge in [0.05, 0.1) is 0 Å². The standard InChI is InChI=1S/C10H17N3/c1-8(7-9-3-4-9)12-10-11-5-6-13(10)2/h5-6,8-9H,3-4,7H2,1-2H3,(H,11,12). The Morgan fingerprint density at radius 2 is 2.46 bits per heavy atom. The molecule has 1 aromatic heterocycles. The van der Waals surface area contributed by atoms with Crippen LogP contribution in [0.5, 0.6) is 0 Å². The fourth-order valence-electron chi connectivity index (χ4n) is 1.64. The predicted molar refractivity (Wildman–Crippen MR) is 53.6 cm³/mol. The monoisotopic (exact) mass is 179 g/mol. The molecule has 0 bridgehead atoms. The highest BCUT2D eigenvalue weighted by molar-refractivity contribution is 5.26. The van der Waals surface area contributed by atoms with Gasteiger partial charge in [-0.15, -0.1) is 0 Å². The van der Waals surface area contributed by atoms with Crippen LogP contribution in [-0.4, -0.2) is 15.6 Å². The summed E-state index contributed by atoms with van der Waals surface area (Å²) < 4.78 is 2.02. The molecule has 0 spiro atoms. The molecule has 0 aliphatic heterocycles. The van der Waals surface area contributed by atoms with Crippen molar-refractivity contribution >= 4 is 5.95 Å². The number of hydrogen-bond donors (Lipinski definition) is 1. The summed E-state index contributed by atoms with van der Waals surface area (Å²) in [6.07, 6.45) is 7.92. The van der Waals surface area contributed by atoms with E-state index >= 15 is 0 Å². The molecule has 72 valence electrons. The molecule has 1 unspecified atom stereocenters. The number of aromatic nitrogens is 2. The summed E-state index contributed by atoms with van der Waals surface area (Å²) in [6.45, 7) is 2.23. The summed E-state index contributed by atoms with van der Waals surface area (Å²) in [4.78, 5) is 4.24. The molecule has 1 aliphatic rings. The van der Waals surface area contributed by atoms with Crippen LogP contribution in [0, 0.1) is 5.92 Å². The van der Waals surface area contributed by atoms with Gasteiger partial charge in [-0.2, -0.15) is 0 Å². The minimum Gasteiger partial charge on any atom is -0.353 e. The van der Waals surface area contributed by atoms with Crippen molar-refractivity contribution in [2.45, 2.75) is 32.2 Å². The molecule has 1 saturated carbocycles. The van der Waals surface area contributed by atoms with Crippen LogP contribution in [0.1, 0.15) is 26.2 Å². The molecule has 13 heavy (non-hydrogen) atoms. The Bertz CT molecular complexity index is 275. The second-order valence-corrected chi connectivity index (χ2v) is 4.09. The first kappa shape index (κ1) is 8.60. The Morgan fingerprint density at radius 1 is 1.69 bits per heavy atom. The van der Waals surface area contributed by atoms with Gasteiger partial charge in [-0.25, -0.2) is 4.98 Å². The van der Waals surface area contributed by atoms with Gasteiger partial charge in [0.15, 0.2) is 0 Å². The first-order valence-electron chi connectivity index (χ1n) is 4.99. The molecule has 1 fully saturated rings. The summed E-state index contributed by atoms with van der Waals surface area (Å²) in [5, 5.41) is 3.41. The number of aryl methyl sites for hydroxylation is 1. The summed E-state index contributed by atoms with van der Waals surface area (Å²) in [6, 6.07) is 0.550. The zero-order valence-corrected chi connectivity index (χ0v) is 8.33. The van der Waals surface area contributed by atoms with Crippen molar-refractivity contribution in [1.82, 2.24) is 9.55 Å². The van der Waals surface area contributed by atoms with E-state index in [1.54, 1.807) is 0 Å². The molecule has 1 aliphatic carbocycles. The van der Waals surface area contributed by atoms with Crippen LogP contribution >= 0.6 is 0 Å². The Balaban J connectivity index is 1.85. The van der Waals surface area contributed by atoms with E-state index in [9.17, 15) is 0 Å². The van der Waals surface area contributed by atoms with Gasteiger partial charge >= 0.3 is 0 Å². The van der Waals surface area contributed by atoms with E-state index in [0.29, 0.717) is 6.04 Å². The molecule has 1 heterocycles. The lowest BCUT2D eigenvalue weighted by molar-refractivity contribution is 0.634. The molecule has 1 N–H and O–H groups in total. The number of imidazole rings is 1. The highest BCUT2D eigenvalue weighted by Gasteiger charge is 2.23. The molecule has 3 nitrogen and oxygen atoms in total. The normalized spacial score (nSPS) is 18.6. The zero-order valence-electron chi connectivity index (χ0n) is 8.33. The number of nitrogens with zero attached hydrogens (tertiary/aromatic N) is 2. The van der Waals surface area contributed by atoms with Gasteiger partial charge in [0, 0.05) is 25.5 Å².